The topological polar surface area (TPSA) is 57.5 Å². The van der Waals surface area contributed by atoms with Crippen molar-refractivity contribution in [2.75, 3.05) is 0 Å². The number of hydrogen-bond acceptors (Lipinski definition) is 3. The van der Waals surface area contributed by atoms with Crippen LogP contribution in [0.4, 0.5) is 0 Å². The van der Waals surface area contributed by atoms with Gasteiger partial charge in [-0.2, -0.15) is 0 Å². The van der Waals surface area contributed by atoms with Crippen LogP contribution in [0.5, 0.6) is 11.5 Å². The number of aryl methyl sites for hydroxylation is 2. The molecular formula is C17H16O3. The monoisotopic (exact) mass is 268 g/mol. The van der Waals surface area contributed by atoms with Crippen molar-refractivity contribution in [1.82, 2.24) is 0 Å². The fourth-order valence-corrected chi connectivity index (χ4v) is 1.98. The van der Waals surface area contributed by atoms with Crippen molar-refractivity contribution >= 4 is 11.9 Å². The second kappa shape index (κ2) is 5.61. The molecule has 3 nitrogen and oxygen atoms in total. The molecule has 0 spiro atoms. The Morgan fingerprint density at radius 1 is 1.00 bits per heavy atom. The fourth-order valence-electron chi connectivity index (χ4n) is 1.98. The van der Waals surface area contributed by atoms with E-state index in [0.717, 1.165) is 16.7 Å². The molecule has 0 aliphatic rings. The highest BCUT2D eigenvalue weighted by molar-refractivity contribution is 6.06. The van der Waals surface area contributed by atoms with E-state index < -0.39 is 0 Å². The first kappa shape index (κ1) is 13.9. The van der Waals surface area contributed by atoms with E-state index in [1.807, 2.05) is 26.0 Å². The molecule has 0 fully saturated rings. The average molecular weight is 268 g/mol. The summed E-state index contributed by atoms with van der Waals surface area (Å²) in [6, 6.07) is 9.77. The number of phenols is 2. The van der Waals surface area contributed by atoms with Crippen LogP contribution in [0.2, 0.25) is 0 Å². The molecule has 20 heavy (non-hydrogen) atoms. The van der Waals surface area contributed by atoms with Crippen molar-refractivity contribution in [2.45, 2.75) is 13.8 Å². The van der Waals surface area contributed by atoms with Gasteiger partial charge in [-0.15, -0.1) is 0 Å². The number of benzene rings is 2. The van der Waals surface area contributed by atoms with Crippen molar-refractivity contribution in [2.24, 2.45) is 0 Å². The van der Waals surface area contributed by atoms with Crippen LogP contribution in [0.15, 0.2) is 42.5 Å². The summed E-state index contributed by atoms with van der Waals surface area (Å²) in [6.07, 6.45) is 3.20. The number of carbonyl (C=O) groups is 1. The molecule has 0 unspecified atom stereocenters. The van der Waals surface area contributed by atoms with Crippen molar-refractivity contribution < 1.29 is 15.0 Å². The SMILES string of the molecule is Cc1cc(/C=C/C(=O)c2ccc(O)cc2)cc(C)c1O. The Morgan fingerprint density at radius 3 is 2.10 bits per heavy atom. The number of hydrogen-bond donors (Lipinski definition) is 2. The van der Waals surface area contributed by atoms with Crippen molar-refractivity contribution in [3.05, 3.63) is 64.7 Å². The van der Waals surface area contributed by atoms with E-state index in [9.17, 15) is 15.0 Å². The Kier molecular flexibility index (Phi) is 3.89. The van der Waals surface area contributed by atoms with Crippen LogP contribution in [-0.2, 0) is 0 Å². The Morgan fingerprint density at radius 2 is 1.55 bits per heavy atom. The predicted octanol–water partition coefficient (Wildman–Crippen LogP) is 3.61. The maximum atomic E-state index is 11.9. The van der Waals surface area contributed by atoms with Crippen molar-refractivity contribution in [3.8, 4) is 11.5 Å². The summed E-state index contributed by atoms with van der Waals surface area (Å²) >= 11 is 0. The van der Waals surface area contributed by atoms with E-state index in [4.69, 9.17) is 0 Å². The standard InChI is InChI=1S/C17H16O3/c1-11-9-13(10-12(2)17(11)20)3-8-16(19)14-4-6-15(18)7-5-14/h3-10,18,20H,1-2H3/b8-3+. The zero-order valence-electron chi connectivity index (χ0n) is 11.4. The molecule has 2 aromatic rings. The first-order valence-corrected chi connectivity index (χ1v) is 6.29. The van der Waals surface area contributed by atoms with Crippen LogP contribution in [-0.4, -0.2) is 16.0 Å². The van der Waals surface area contributed by atoms with Gasteiger partial charge >= 0.3 is 0 Å². The highest BCUT2D eigenvalue weighted by Crippen LogP contribution is 2.23. The molecule has 102 valence electrons. The van der Waals surface area contributed by atoms with Crippen LogP contribution in [0, 0.1) is 13.8 Å². The van der Waals surface area contributed by atoms with Gasteiger partial charge < -0.3 is 10.2 Å². The lowest BCUT2D eigenvalue weighted by Crippen LogP contribution is -1.93. The Bertz CT molecular complexity index is 644. The molecule has 0 saturated heterocycles. The molecule has 0 bridgehead atoms. The summed E-state index contributed by atoms with van der Waals surface area (Å²) in [4.78, 5) is 11.9. The van der Waals surface area contributed by atoms with E-state index in [0.29, 0.717) is 5.56 Å². The van der Waals surface area contributed by atoms with Gasteiger partial charge in [-0.3, -0.25) is 4.79 Å². The smallest absolute Gasteiger partial charge is 0.185 e. The maximum Gasteiger partial charge on any atom is 0.185 e. The summed E-state index contributed by atoms with van der Waals surface area (Å²) < 4.78 is 0. The van der Waals surface area contributed by atoms with Gasteiger partial charge in [0.15, 0.2) is 5.78 Å². The summed E-state index contributed by atoms with van der Waals surface area (Å²) in [5.74, 6) is 0.288. The maximum absolute atomic E-state index is 11.9. The van der Waals surface area contributed by atoms with E-state index in [2.05, 4.69) is 0 Å². The Balaban J connectivity index is 2.21. The van der Waals surface area contributed by atoms with Crippen LogP contribution in [0.25, 0.3) is 6.08 Å². The minimum atomic E-state index is -0.131. The molecule has 0 aliphatic carbocycles. The van der Waals surface area contributed by atoms with Crippen molar-refractivity contribution in [1.29, 1.82) is 0 Å². The summed E-state index contributed by atoms with van der Waals surface area (Å²) in [5, 5.41) is 18.9. The molecule has 0 heterocycles. The first-order chi connectivity index (χ1) is 9.47. The molecule has 0 aliphatic heterocycles. The fraction of sp³-hybridized carbons (Fsp3) is 0.118. The van der Waals surface area contributed by atoms with Gasteiger partial charge in [-0.25, -0.2) is 0 Å². The van der Waals surface area contributed by atoms with Crippen molar-refractivity contribution in [3.63, 3.8) is 0 Å². The summed E-state index contributed by atoms with van der Waals surface area (Å²) in [6.45, 7) is 3.64. The molecule has 0 atom stereocenters. The summed E-state index contributed by atoms with van der Waals surface area (Å²) in [7, 11) is 0. The molecule has 0 saturated carbocycles. The van der Waals surface area contributed by atoms with Gasteiger partial charge in [0, 0.05) is 5.56 Å². The van der Waals surface area contributed by atoms with E-state index in [-0.39, 0.29) is 17.3 Å². The van der Waals surface area contributed by atoms with Crippen LogP contribution in [0.3, 0.4) is 0 Å². The minimum Gasteiger partial charge on any atom is -0.508 e. The number of rotatable bonds is 3. The highest BCUT2D eigenvalue weighted by atomic mass is 16.3. The average Bonchev–Trinajstić information content (AvgIpc) is 2.42. The summed E-state index contributed by atoms with van der Waals surface area (Å²) in [5.41, 5.74) is 2.94. The normalized spacial score (nSPS) is 10.9. The van der Waals surface area contributed by atoms with Gasteiger partial charge in [0.1, 0.15) is 11.5 Å². The minimum absolute atomic E-state index is 0.131. The van der Waals surface area contributed by atoms with Gasteiger partial charge in [0.05, 0.1) is 0 Å². The lowest BCUT2D eigenvalue weighted by atomic mass is 10.0. The quantitative estimate of drug-likeness (QED) is 0.660. The third kappa shape index (κ3) is 3.06. The van der Waals surface area contributed by atoms with E-state index >= 15 is 0 Å². The van der Waals surface area contributed by atoms with Crippen LogP contribution >= 0.6 is 0 Å². The van der Waals surface area contributed by atoms with Crippen LogP contribution < -0.4 is 0 Å². The highest BCUT2D eigenvalue weighted by Gasteiger charge is 2.03. The van der Waals surface area contributed by atoms with Gasteiger partial charge in [-0.1, -0.05) is 6.08 Å². The lowest BCUT2D eigenvalue weighted by Gasteiger charge is -2.04. The van der Waals surface area contributed by atoms with E-state index in [1.165, 1.54) is 18.2 Å². The number of aromatic hydroxyl groups is 2. The lowest BCUT2D eigenvalue weighted by molar-refractivity contribution is 0.104. The molecule has 3 heteroatoms. The molecular weight excluding hydrogens is 252 g/mol. The van der Waals surface area contributed by atoms with Gasteiger partial charge in [-0.05, 0) is 73.0 Å². The Labute approximate surface area is 117 Å². The molecule has 0 radical (unpaired) electrons. The number of allylic oxidation sites excluding steroid dienone is 1. The van der Waals surface area contributed by atoms with Gasteiger partial charge in [0.2, 0.25) is 0 Å². The zero-order valence-corrected chi connectivity index (χ0v) is 11.4. The molecule has 2 aromatic carbocycles. The Hall–Kier alpha value is -2.55. The zero-order chi connectivity index (χ0) is 14.7. The number of phenolic OH excluding ortho intramolecular Hbond substituents is 2. The first-order valence-electron chi connectivity index (χ1n) is 6.29. The predicted molar refractivity (Wildman–Crippen MR) is 79.1 cm³/mol. The van der Waals surface area contributed by atoms with E-state index in [1.54, 1.807) is 18.2 Å². The largest absolute Gasteiger partial charge is 0.508 e. The molecule has 0 aromatic heterocycles. The molecule has 2 N–H and O–H groups in total. The molecule has 2 rings (SSSR count). The number of ketones is 1. The van der Waals surface area contributed by atoms with Crippen LogP contribution in [0.1, 0.15) is 27.0 Å². The third-order valence-corrected chi connectivity index (χ3v) is 3.09. The second-order valence-corrected chi connectivity index (χ2v) is 4.75. The number of carbonyl (C=O) groups excluding carboxylic acids is 1. The third-order valence-electron chi connectivity index (χ3n) is 3.09. The van der Waals surface area contributed by atoms with Gasteiger partial charge in [0.25, 0.3) is 0 Å². The molecule has 0 amide bonds. The second-order valence-electron chi connectivity index (χ2n) is 4.75.